The molecule has 10 nitrogen and oxygen atoms in total. The molecule has 4 aliphatic rings. The van der Waals surface area contributed by atoms with Crippen LogP contribution in [-0.2, 0) is 26.2 Å². The number of fused-ring (bicyclic) bond motifs is 4. The van der Waals surface area contributed by atoms with Gasteiger partial charge >= 0.3 is 12.2 Å². The number of pyridine rings is 1. The third-order valence-corrected chi connectivity index (χ3v) is 8.00. The van der Waals surface area contributed by atoms with Gasteiger partial charge in [0.1, 0.15) is 11.8 Å². The second-order valence-corrected chi connectivity index (χ2v) is 9.80. The lowest BCUT2D eigenvalue weighted by Gasteiger charge is -2.19. The molecule has 1 N–H and O–H groups in total. The largest absolute Gasteiger partial charge is 0.453 e. The Hall–Kier alpha value is -4.13. The zero-order valence-electron chi connectivity index (χ0n) is 19.9. The average molecular weight is 488 g/mol. The molecule has 0 unspecified atom stereocenters. The van der Waals surface area contributed by atoms with Crippen LogP contribution in [0.5, 0.6) is 0 Å². The van der Waals surface area contributed by atoms with Crippen LogP contribution in [0.25, 0.3) is 16.0 Å². The molecule has 1 aromatic heterocycles. The maximum atomic E-state index is 12.5. The minimum absolute atomic E-state index is 0.0751. The van der Waals surface area contributed by atoms with Crippen molar-refractivity contribution >= 4 is 23.8 Å². The number of nitrogens with zero attached hydrogens (tertiary/aromatic N) is 4. The third-order valence-electron chi connectivity index (χ3n) is 8.00. The van der Waals surface area contributed by atoms with E-state index in [9.17, 15) is 14.4 Å². The van der Waals surface area contributed by atoms with Gasteiger partial charge in [0.25, 0.3) is 5.54 Å². The molecule has 3 fully saturated rings. The molecular weight excluding hydrogens is 462 g/mol. The fraction of sp³-hybridized carbons (Fsp3) is 0.423. The summed E-state index contributed by atoms with van der Waals surface area (Å²) >= 11 is 0. The highest BCUT2D eigenvalue weighted by Gasteiger charge is 2.78. The Kier molecular flexibility index (Phi) is 4.93. The number of aromatic nitrogens is 1. The number of rotatable bonds is 4. The summed E-state index contributed by atoms with van der Waals surface area (Å²) in [5.41, 5.74) is 3.85. The Morgan fingerprint density at radius 2 is 2.00 bits per heavy atom. The summed E-state index contributed by atoms with van der Waals surface area (Å²) in [5, 5.41) is 2.74. The fourth-order valence-corrected chi connectivity index (χ4v) is 6.16. The lowest BCUT2D eigenvalue weighted by molar-refractivity contribution is -0.119. The van der Waals surface area contributed by atoms with Gasteiger partial charge in [-0.3, -0.25) is 14.7 Å². The van der Waals surface area contributed by atoms with E-state index < -0.39 is 17.7 Å². The molecule has 10 heteroatoms. The molecule has 4 heterocycles. The van der Waals surface area contributed by atoms with Crippen molar-refractivity contribution < 1.29 is 23.9 Å². The van der Waals surface area contributed by atoms with Crippen molar-refractivity contribution in [3.8, 4) is 11.1 Å². The van der Waals surface area contributed by atoms with Crippen LogP contribution in [0.1, 0.15) is 18.2 Å². The molecule has 2 aromatic rings. The average Bonchev–Trinajstić information content (AvgIpc) is 3.26. The molecule has 0 radical (unpaired) electrons. The van der Waals surface area contributed by atoms with Gasteiger partial charge in [0.15, 0.2) is 0 Å². The van der Waals surface area contributed by atoms with Crippen molar-refractivity contribution in [3.63, 3.8) is 0 Å². The van der Waals surface area contributed by atoms with E-state index in [1.165, 1.54) is 14.0 Å². The molecule has 184 valence electrons. The number of anilines is 1. The van der Waals surface area contributed by atoms with Crippen molar-refractivity contribution in [2.75, 3.05) is 31.6 Å². The molecule has 3 amide bonds. The molecule has 0 spiro atoms. The highest BCUT2D eigenvalue weighted by atomic mass is 16.6. The van der Waals surface area contributed by atoms with Gasteiger partial charge in [-0.25, -0.2) is 16.2 Å². The molecule has 1 saturated carbocycles. The number of ether oxygens (including phenoxy) is 2. The molecule has 1 aliphatic carbocycles. The number of likely N-dealkylation sites (tertiary alicyclic amines) is 1. The Balaban J connectivity index is 1.20. The topological polar surface area (TPSA) is 105 Å². The Morgan fingerprint density at radius 1 is 1.25 bits per heavy atom. The van der Waals surface area contributed by atoms with E-state index in [0.717, 1.165) is 28.1 Å². The summed E-state index contributed by atoms with van der Waals surface area (Å²) in [6, 6.07) is 9.70. The van der Waals surface area contributed by atoms with E-state index in [2.05, 4.69) is 21.2 Å². The lowest BCUT2D eigenvalue weighted by atomic mass is 9.99. The summed E-state index contributed by atoms with van der Waals surface area (Å²) in [6.45, 7) is 10.6. The quantitative estimate of drug-likeness (QED) is 0.665. The van der Waals surface area contributed by atoms with E-state index in [0.29, 0.717) is 19.5 Å². The monoisotopic (exact) mass is 487 g/mol. The van der Waals surface area contributed by atoms with Gasteiger partial charge in [0.05, 0.1) is 37.2 Å². The lowest BCUT2D eigenvalue weighted by Crippen LogP contribution is -2.40. The predicted molar refractivity (Wildman–Crippen MR) is 128 cm³/mol. The zero-order chi connectivity index (χ0) is 25.2. The number of hydrogen-bond donors (Lipinski definition) is 1. The summed E-state index contributed by atoms with van der Waals surface area (Å²) in [5.74, 6) is -0.00828. The Morgan fingerprint density at radius 3 is 2.64 bits per heavy atom. The van der Waals surface area contributed by atoms with E-state index in [1.807, 2.05) is 24.3 Å². The van der Waals surface area contributed by atoms with Crippen LogP contribution in [0, 0.1) is 18.4 Å². The van der Waals surface area contributed by atoms with E-state index in [1.54, 1.807) is 16.0 Å². The fourth-order valence-electron chi connectivity index (χ4n) is 6.16. The van der Waals surface area contributed by atoms with Gasteiger partial charge in [-0.15, -0.1) is 0 Å². The minimum atomic E-state index is -0.672. The molecule has 1 aromatic carbocycles. The highest BCUT2D eigenvalue weighted by Crippen LogP contribution is 2.64. The van der Waals surface area contributed by atoms with E-state index in [-0.39, 0.29) is 36.4 Å². The molecule has 2 saturated heterocycles. The first kappa shape index (κ1) is 22.3. The Labute approximate surface area is 208 Å². The molecule has 3 aliphatic heterocycles. The Bertz CT molecular complexity index is 1310. The molecule has 0 bridgehead atoms. The van der Waals surface area contributed by atoms with Crippen LogP contribution >= 0.6 is 0 Å². The van der Waals surface area contributed by atoms with Crippen LogP contribution in [0.3, 0.4) is 0 Å². The van der Waals surface area contributed by atoms with Crippen molar-refractivity contribution in [1.29, 1.82) is 0 Å². The predicted octanol–water partition coefficient (Wildman–Crippen LogP) is 2.58. The van der Waals surface area contributed by atoms with Crippen LogP contribution in [0.15, 0.2) is 36.5 Å². The second-order valence-electron chi connectivity index (χ2n) is 9.80. The third kappa shape index (κ3) is 3.15. The SMILES string of the molecule is [C-]#[N+][C@]1(c2ccc(-c3ccc4c(c3)C[C@H]3[C@H](CNC(C)=O)OC(=O)N43)cn2)[C@@H]2CN(C(=O)OC)C[C@@H]21. The number of piperidine rings is 1. The van der Waals surface area contributed by atoms with Crippen LogP contribution in [0.4, 0.5) is 15.3 Å². The molecule has 6 rings (SSSR count). The first-order valence-electron chi connectivity index (χ1n) is 11.9. The van der Waals surface area contributed by atoms with Crippen LogP contribution < -0.4 is 10.2 Å². The maximum absolute atomic E-state index is 12.5. The van der Waals surface area contributed by atoms with Crippen molar-refractivity contribution in [2.24, 2.45) is 11.8 Å². The first-order valence-corrected chi connectivity index (χ1v) is 11.9. The minimum Gasteiger partial charge on any atom is -0.453 e. The van der Waals surface area contributed by atoms with Gasteiger partial charge in [-0.05, 0) is 35.7 Å². The molecule has 5 atom stereocenters. The van der Waals surface area contributed by atoms with Crippen LogP contribution in [-0.4, -0.2) is 66.9 Å². The number of carbonyl (C=O) groups excluding carboxylic acids is 3. The summed E-state index contributed by atoms with van der Waals surface area (Å²) < 4.78 is 10.3. The number of methoxy groups -OCH3 is 1. The van der Waals surface area contributed by atoms with Crippen molar-refractivity contribution in [2.45, 2.75) is 31.0 Å². The van der Waals surface area contributed by atoms with E-state index >= 15 is 0 Å². The summed E-state index contributed by atoms with van der Waals surface area (Å²) in [7, 11) is 1.37. The maximum Gasteiger partial charge on any atom is 0.415 e. The zero-order valence-corrected chi connectivity index (χ0v) is 19.9. The number of carbonyl (C=O) groups is 3. The van der Waals surface area contributed by atoms with Crippen LogP contribution in [0.2, 0.25) is 0 Å². The number of nitrogens with one attached hydrogen (secondary N) is 1. The summed E-state index contributed by atoms with van der Waals surface area (Å²) in [6.07, 6.45) is 1.30. The smallest absolute Gasteiger partial charge is 0.415 e. The van der Waals surface area contributed by atoms with Gasteiger partial charge < -0.3 is 24.5 Å². The molecule has 36 heavy (non-hydrogen) atoms. The summed E-state index contributed by atoms with van der Waals surface area (Å²) in [4.78, 5) is 47.6. The van der Waals surface area contributed by atoms with Crippen molar-refractivity contribution in [3.05, 3.63) is 59.2 Å². The second kappa shape index (κ2) is 7.95. The van der Waals surface area contributed by atoms with Gasteiger partial charge in [0, 0.05) is 31.8 Å². The van der Waals surface area contributed by atoms with Gasteiger partial charge in [-0.2, -0.15) is 0 Å². The molecular formula is C26H25N5O5. The first-order chi connectivity index (χ1) is 17.4. The normalized spacial score (nSPS) is 29.1. The number of cyclic esters (lactones) is 1. The standard InChI is InChI=1S/C26H25N5O5/c1-14(32)28-11-22-21-9-17-8-15(4-6-20(17)31(21)25(34)36-22)16-5-7-23(29-10-16)26(27-2)18-12-30(13-19(18)26)24(33)35-3/h4-8,10,18-19,21-22H,9,11-13H2,1,3H3,(H,28,32)/t18-,19+,21-,22-,26-/m0/s1. The van der Waals surface area contributed by atoms with Gasteiger partial charge in [0.2, 0.25) is 5.91 Å². The number of amides is 3. The van der Waals surface area contributed by atoms with Gasteiger partial charge in [-0.1, -0.05) is 12.1 Å². The number of hydrogen-bond acceptors (Lipinski definition) is 6. The van der Waals surface area contributed by atoms with Crippen molar-refractivity contribution in [1.82, 2.24) is 15.2 Å². The highest BCUT2D eigenvalue weighted by molar-refractivity contribution is 5.94. The number of benzene rings is 1. The van der Waals surface area contributed by atoms with E-state index in [4.69, 9.17) is 16.0 Å².